The number of anilines is 1. The molecule has 1 aliphatic heterocycles. The summed E-state index contributed by atoms with van der Waals surface area (Å²) >= 11 is 1.72. The highest BCUT2D eigenvalue weighted by atomic mass is 32.1. The normalized spacial score (nSPS) is 14.3. The van der Waals surface area contributed by atoms with E-state index in [1.807, 2.05) is 23.1 Å². The van der Waals surface area contributed by atoms with Crippen molar-refractivity contribution in [1.29, 1.82) is 0 Å². The molecule has 1 aromatic heterocycles. The molecule has 0 saturated carbocycles. The fourth-order valence-electron chi connectivity index (χ4n) is 3.42. The van der Waals surface area contributed by atoms with Crippen molar-refractivity contribution >= 4 is 32.6 Å². The summed E-state index contributed by atoms with van der Waals surface area (Å²) in [6.45, 7) is 7.19. The second kappa shape index (κ2) is 8.29. The Bertz CT molecular complexity index is 1030. The van der Waals surface area contributed by atoms with Gasteiger partial charge in [-0.15, -0.1) is 0 Å². The van der Waals surface area contributed by atoms with Crippen LogP contribution < -0.4 is 14.4 Å². The number of aromatic nitrogens is 1. The van der Waals surface area contributed by atoms with E-state index in [4.69, 9.17) is 14.5 Å². The van der Waals surface area contributed by atoms with Gasteiger partial charge in [-0.05, 0) is 43.2 Å². The van der Waals surface area contributed by atoms with Gasteiger partial charge in [-0.2, -0.15) is 0 Å². The van der Waals surface area contributed by atoms with Crippen LogP contribution in [-0.4, -0.2) is 55.7 Å². The average Bonchev–Trinajstić information content (AvgIpc) is 3.20. The molecule has 3 aromatic rings. The number of carbonyl (C=O) groups excluding carboxylic acids is 1. The molecule has 4 rings (SSSR count). The number of methoxy groups -OCH3 is 1. The fraction of sp³-hybridized carbons (Fsp3) is 0.364. The van der Waals surface area contributed by atoms with E-state index in [1.165, 1.54) is 15.8 Å². The van der Waals surface area contributed by atoms with E-state index < -0.39 is 0 Å². The van der Waals surface area contributed by atoms with Crippen LogP contribution in [-0.2, 0) is 4.79 Å². The average molecular weight is 412 g/mol. The molecule has 7 heteroatoms. The highest BCUT2D eigenvalue weighted by Crippen LogP contribution is 2.32. The minimum atomic E-state index is 0.00300. The highest BCUT2D eigenvalue weighted by molar-refractivity contribution is 7.22. The molecule has 6 nitrogen and oxygen atoms in total. The predicted octanol–water partition coefficient (Wildman–Crippen LogP) is 3.65. The molecule has 0 spiro atoms. The first-order valence-corrected chi connectivity index (χ1v) is 10.5. The molecule has 0 radical (unpaired) electrons. The number of ether oxygens (including phenoxy) is 2. The largest absolute Gasteiger partial charge is 0.497 e. The van der Waals surface area contributed by atoms with Crippen molar-refractivity contribution in [3.05, 3.63) is 47.5 Å². The van der Waals surface area contributed by atoms with E-state index in [-0.39, 0.29) is 12.5 Å². The molecule has 152 valence electrons. The van der Waals surface area contributed by atoms with Crippen molar-refractivity contribution in [2.24, 2.45) is 0 Å². The van der Waals surface area contributed by atoms with Gasteiger partial charge in [0, 0.05) is 32.2 Å². The van der Waals surface area contributed by atoms with Crippen LogP contribution in [0, 0.1) is 13.8 Å². The van der Waals surface area contributed by atoms with Crippen LogP contribution in [0.15, 0.2) is 36.4 Å². The summed E-state index contributed by atoms with van der Waals surface area (Å²) in [6.07, 6.45) is 0. The SMILES string of the molecule is COc1cccc(OCC(=O)N2CCN(c3nc4c(C)c(C)ccc4s3)CC2)c1. The second-order valence-electron chi connectivity index (χ2n) is 7.19. The van der Waals surface area contributed by atoms with Crippen LogP contribution >= 0.6 is 11.3 Å². The number of hydrogen-bond donors (Lipinski definition) is 0. The number of hydrogen-bond acceptors (Lipinski definition) is 6. The van der Waals surface area contributed by atoms with E-state index >= 15 is 0 Å². The third kappa shape index (κ3) is 4.15. The molecule has 2 heterocycles. The van der Waals surface area contributed by atoms with Crippen LogP contribution in [0.2, 0.25) is 0 Å². The van der Waals surface area contributed by atoms with Gasteiger partial charge >= 0.3 is 0 Å². The molecule has 1 amide bonds. The summed E-state index contributed by atoms with van der Waals surface area (Å²) in [5.41, 5.74) is 3.60. The number of aryl methyl sites for hydroxylation is 2. The number of nitrogens with zero attached hydrogens (tertiary/aromatic N) is 3. The van der Waals surface area contributed by atoms with Gasteiger partial charge in [-0.25, -0.2) is 4.98 Å². The molecule has 1 saturated heterocycles. The van der Waals surface area contributed by atoms with Crippen LogP contribution in [0.25, 0.3) is 10.2 Å². The molecular formula is C22H25N3O3S. The molecular weight excluding hydrogens is 386 g/mol. The number of amides is 1. The highest BCUT2D eigenvalue weighted by Gasteiger charge is 2.23. The maximum atomic E-state index is 12.5. The van der Waals surface area contributed by atoms with Crippen LogP contribution in [0.3, 0.4) is 0 Å². The van der Waals surface area contributed by atoms with E-state index in [9.17, 15) is 4.79 Å². The van der Waals surface area contributed by atoms with Crippen molar-refractivity contribution in [3.63, 3.8) is 0 Å². The van der Waals surface area contributed by atoms with Gasteiger partial charge in [0.2, 0.25) is 0 Å². The topological polar surface area (TPSA) is 54.9 Å². The first-order valence-electron chi connectivity index (χ1n) is 9.71. The minimum Gasteiger partial charge on any atom is -0.497 e. The van der Waals surface area contributed by atoms with E-state index in [0.29, 0.717) is 24.6 Å². The predicted molar refractivity (Wildman–Crippen MR) is 116 cm³/mol. The first kappa shape index (κ1) is 19.5. The number of carbonyl (C=O) groups is 1. The number of benzene rings is 2. The molecule has 0 aliphatic carbocycles. The summed E-state index contributed by atoms with van der Waals surface area (Å²) in [6, 6.07) is 11.6. The van der Waals surface area contributed by atoms with E-state index in [0.717, 1.165) is 23.7 Å². The van der Waals surface area contributed by atoms with Crippen molar-refractivity contribution in [1.82, 2.24) is 9.88 Å². The minimum absolute atomic E-state index is 0.00300. The van der Waals surface area contributed by atoms with Crippen LogP contribution in [0.4, 0.5) is 5.13 Å². The standard InChI is InChI=1S/C22H25N3O3S/c1-15-7-8-19-21(16(15)2)23-22(29-19)25-11-9-24(10-12-25)20(26)14-28-18-6-4-5-17(13-18)27-3/h4-8,13H,9-12,14H2,1-3H3. The Morgan fingerprint density at radius 1 is 1.10 bits per heavy atom. The Morgan fingerprint density at radius 2 is 1.86 bits per heavy atom. The lowest BCUT2D eigenvalue weighted by molar-refractivity contribution is -0.133. The van der Waals surface area contributed by atoms with Gasteiger partial charge in [0.25, 0.3) is 5.91 Å². The monoisotopic (exact) mass is 411 g/mol. The zero-order valence-electron chi connectivity index (χ0n) is 17.0. The quantitative estimate of drug-likeness (QED) is 0.642. The van der Waals surface area contributed by atoms with E-state index in [1.54, 1.807) is 24.5 Å². The molecule has 0 atom stereocenters. The van der Waals surface area contributed by atoms with Gasteiger partial charge < -0.3 is 19.3 Å². The number of thiazole rings is 1. The molecule has 0 unspecified atom stereocenters. The molecule has 1 fully saturated rings. The Hall–Kier alpha value is -2.80. The van der Waals surface area contributed by atoms with Gasteiger partial charge in [0.05, 0.1) is 17.3 Å². The molecule has 0 bridgehead atoms. The van der Waals surface area contributed by atoms with E-state index in [2.05, 4.69) is 30.9 Å². The maximum Gasteiger partial charge on any atom is 0.260 e. The summed E-state index contributed by atoms with van der Waals surface area (Å²) < 4.78 is 12.0. The summed E-state index contributed by atoms with van der Waals surface area (Å²) in [7, 11) is 1.61. The molecule has 1 aliphatic rings. The molecule has 29 heavy (non-hydrogen) atoms. The lowest BCUT2D eigenvalue weighted by Crippen LogP contribution is -2.50. The zero-order chi connectivity index (χ0) is 20.4. The molecule has 2 aromatic carbocycles. The smallest absolute Gasteiger partial charge is 0.260 e. The lowest BCUT2D eigenvalue weighted by atomic mass is 10.1. The Morgan fingerprint density at radius 3 is 2.62 bits per heavy atom. The van der Waals surface area contributed by atoms with Crippen LogP contribution in [0.5, 0.6) is 11.5 Å². The summed E-state index contributed by atoms with van der Waals surface area (Å²) in [5.74, 6) is 1.35. The van der Waals surface area contributed by atoms with Crippen molar-refractivity contribution < 1.29 is 14.3 Å². The zero-order valence-corrected chi connectivity index (χ0v) is 17.8. The van der Waals surface area contributed by atoms with Crippen molar-refractivity contribution in [2.45, 2.75) is 13.8 Å². The number of rotatable bonds is 5. The third-order valence-corrected chi connectivity index (χ3v) is 6.46. The van der Waals surface area contributed by atoms with Crippen LogP contribution in [0.1, 0.15) is 11.1 Å². The number of piperazine rings is 1. The summed E-state index contributed by atoms with van der Waals surface area (Å²) in [5, 5.41) is 1.04. The summed E-state index contributed by atoms with van der Waals surface area (Å²) in [4.78, 5) is 21.5. The first-order chi connectivity index (χ1) is 14.0. The van der Waals surface area contributed by atoms with Gasteiger partial charge in [-0.1, -0.05) is 23.5 Å². The van der Waals surface area contributed by atoms with Crippen molar-refractivity contribution in [3.8, 4) is 11.5 Å². The van der Waals surface area contributed by atoms with Crippen molar-refractivity contribution in [2.75, 3.05) is 44.8 Å². The fourth-order valence-corrected chi connectivity index (χ4v) is 4.50. The third-order valence-electron chi connectivity index (χ3n) is 5.38. The molecule has 0 N–H and O–H groups in total. The Balaban J connectivity index is 1.34. The van der Waals surface area contributed by atoms with Gasteiger partial charge in [-0.3, -0.25) is 4.79 Å². The Kier molecular flexibility index (Phi) is 5.58. The maximum absolute atomic E-state index is 12.5. The number of fused-ring (bicyclic) bond motifs is 1. The lowest BCUT2D eigenvalue weighted by Gasteiger charge is -2.34. The Labute approximate surface area is 174 Å². The second-order valence-corrected chi connectivity index (χ2v) is 8.20. The van der Waals surface area contributed by atoms with Gasteiger partial charge in [0.1, 0.15) is 11.5 Å². The van der Waals surface area contributed by atoms with Gasteiger partial charge in [0.15, 0.2) is 11.7 Å².